The second kappa shape index (κ2) is 8.53. The summed E-state index contributed by atoms with van der Waals surface area (Å²) in [5, 5.41) is 7.03. The third-order valence-electron chi connectivity index (χ3n) is 4.13. The van der Waals surface area contributed by atoms with Crippen LogP contribution in [0.2, 0.25) is 5.02 Å². The van der Waals surface area contributed by atoms with E-state index in [0.29, 0.717) is 42.1 Å². The maximum absolute atomic E-state index is 12.8. The molecule has 0 bridgehead atoms. The molecule has 0 aromatic heterocycles. The molecule has 1 aliphatic heterocycles. The van der Waals surface area contributed by atoms with E-state index in [9.17, 15) is 8.42 Å². The van der Waals surface area contributed by atoms with Crippen molar-refractivity contribution in [3.05, 3.63) is 53.1 Å². The van der Waals surface area contributed by atoms with E-state index in [0.717, 1.165) is 11.3 Å². The maximum Gasteiger partial charge on any atom is 0.243 e. The largest absolute Gasteiger partial charge is 0.379 e. The van der Waals surface area contributed by atoms with E-state index >= 15 is 0 Å². The molecule has 3 rings (SSSR count). The quantitative estimate of drug-likeness (QED) is 0.731. The van der Waals surface area contributed by atoms with Crippen LogP contribution in [0.5, 0.6) is 0 Å². The molecule has 1 fully saturated rings. The summed E-state index contributed by atoms with van der Waals surface area (Å²) in [6.07, 6.45) is 0. The van der Waals surface area contributed by atoms with Crippen LogP contribution in [-0.4, -0.2) is 44.1 Å². The lowest BCUT2D eigenvalue weighted by molar-refractivity contribution is 0.0730. The van der Waals surface area contributed by atoms with Crippen molar-refractivity contribution in [2.24, 2.45) is 0 Å². The second-order valence-corrected chi connectivity index (χ2v) is 8.84. The van der Waals surface area contributed by atoms with Gasteiger partial charge in [-0.25, -0.2) is 8.42 Å². The maximum atomic E-state index is 12.8. The number of thiocarbonyl (C=S) groups is 1. The summed E-state index contributed by atoms with van der Waals surface area (Å²) in [7, 11) is -3.56. The van der Waals surface area contributed by atoms with Gasteiger partial charge in [-0.15, -0.1) is 0 Å². The van der Waals surface area contributed by atoms with Gasteiger partial charge < -0.3 is 15.4 Å². The van der Waals surface area contributed by atoms with Crippen LogP contribution in [0.15, 0.2) is 47.4 Å². The molecule has 0 saturated carbocycles. The predicted octanol–water partition coefficient (Wildman–Crippen LogP) is 3.48. The molecule has 0 unspecified atom stereocenters. The van der Waals surface area contributed by atoms with Gasteiger partial charge in [0.25, 0.3) is 0 Å². The van der Waals surface area contributed by atoms with Gasteiger partial charge in [-0.3, -0.25) is 0 Å². The van der Waals surface area contributed by atoms with Crippen molar-refractivity contribution in [3.8, 4) is 0 Å². The van der Waals surface area contributed by atoms with Gasteiger partial charge in [-0.2, -0.15) is 4.31 Å². The summed E-state index contributed by atoms with van der Waals surface area (Å²) < 4.78 is 32.2. The smallest absolute Gasteiger partial charge is 0.243 e. The fourth-order valence-electron chi connectivity index (χ4n) is 2.63. The van der Waals surface area contributed by atoms with Crippen LogP contribution >= 0.6 is 23.8 Å². The highest BCUT2D eigenvalue weighted by Gasteiger charge is 2.26. The van der Waals surface area contributed by atoms with Gasteiger partial charge in [0.1, 0.15) is 0 Å². The van der Waals surface area contributed by atoms with Crippen LogP contribution in [0.25, 0.3) is 0 Å². The Morgan fingerprint density at radius 1 is 1.11 bits per heavy atom. The Labute approximate surface area is 169 Å². The monoisotopic (exact) mass is 425 g/mol. The molecule has 0 radical (unpaired) electrons. The number of hydrogen-bond acceptors (Lipinski definition) is 4. The molecule has 144 valence electrons. The van der Waals surface area contributed by atoms with E-state index in [1.54, 1.807) is 30.3 Å². The lowest BCUT2D eigenvalue weighted by atomic mass is 10.2. The van der Waals surface area contributed by atoms with Gasteiger partial charge in [-0.1, -0.05) is 23.7 Å². The number of sulfonamides is 1. The molecule has 0 atom stereocenters. The Morgan fingerprint density at radius 3 is 2.44 bits per heavy atom. The minimum atomic E-state index is -3.56. The highest BCUT2D eigenvalue weighted by Crippen LogP contribution is 2.22. The summed E-state index contributed by atoms with van der Waals surface area (Å²) >= 11 is 11.4. The predicted molar refractivity (Wildman–Crippen MR) is 112 cm³/mol. The first-order valence-electron chi connectivity index (χ1n) is 8.38. The Bertz CT molecular complexity index is 945. The number of rotatable bonds is 4. The van der Waals surface area contributed by atoms with Crippen molar-refractivity contribution in [2.75, 3.05) is 36.9 Å². The Kier molecular flexibility index (Phi) is 6.33. The molecule has 27 heavy (non-hydrogen) atoms. The standard InChI is InChI=1S/C18H20ClN3O3S2/c1-13-5-6-15(12-17(13)19)21-18(26)20-14-3-2-4-16(11-14)27(23,24)22-7-9-25-10-8-22/h2-6,11-12H,7-10H2,1H3,(H2,20,21,26). The summed E-state index contributed by atoms with van der Waals surface area (Å²) in [5.74, 6) is 0. The van der Waals surface area contributed by atoms with Gasteiger partial charge in [0.05, 0.1) is 18.1 Å². The molecular weight excluding hydrogens is 406 g/mol. The van der Waals surface area contributed by atoms with E-state index in [1.807, 2.05) is 19.1 Å². The minimum absolute atomic E-state index is 0.218. The molecule has 9 heteroatoms. The van der Waals surface area contributed by atoms with Crippen molar-refractivity contribution < 1.29 is 13.2 Å². The van der Waals surface area contributed by atoms with Crippen molar-refractivity contribution >= 4 is 50.3 Å². The van der Waals surface area contributed by atoms with Crippen LogP contribution in [0, 0.1) is 6.92 Å². The van der Waals surface area contributed by atoms with Gasteiger partial charge in [0.15, 0.2) is 5.11 Å². The molecule has 0 amide bonds. The fraction of sp³-hybridized carbons (Fsp3) is 0.278. The Hall–Kier alpha value is -1.71. The number of benzene rings is 2. The zero-order chi connectivity index (χ0) is 19.4. The first kappa shape index (κ1) is 20.0. The number of nitrogens with one attached hydrogen (secondary N) is 2. The number of morpholine rings is 1. The normalized spacial score (nSPS) is 15.3. The highest BCUT2D eigenvalue weighted by atomic mass is 35.5. The average Bonchev–Trinajstić information content (AvgIpc) is 2.65. The molecule has 0 aliphatic carbocycles. The van der Waals surface area contributed by atoms with Crippen molar-refractivity contribution in [3.63, 3.8) is 0 Å². The van der Waals surface area contributed by atoms with Gasteiger partial charge in [0, 0.05) is 29.5 Å². The van der Waals surface area contributed by atoms with Crippen molar-refractivity contribution in [1.82, 2.24) is 4.31 Å². The van der Waals surface area contributed by atoms with Crippen LogP contribution in [0.4, 0.5) is 11.4 Å². The third-order valence-corrected chi connectivity index (χ3v) is 6.64. The van der Waals surface area contributed by atoms with Crippen LogP contribution in [-0.2, 0) is 14.8 Å². The molecule has 1 aliphatic rings. The molecule has 1 saturated heterocycles. The SMILES string of the molecule is Cc1ccc(NC(=S)Nc2cccc(S(=O)(=O)N3CCOCC3)c2)cc1Cl. The third kappa shape index (κ3) is 4.97. The zero-order valence-corrected chi connectivity index (χ0v) is 17.1. The number of halogens is 1. The minimum Gasteiger partial charge on any atom is -0.379 e. The van der Waals surface area contributed by atoms with Crippen molar-refractivity contribution in [2.45, 2.75) is 11.8 Å². The first-order valence-corrected chi connectivity index (χ1v) is 10.6. The summed E-state index contributed by atoms with van der Waals surface area (Å²) in [5.41, 5.74) is 2.31. The fourth-order valence-corrected chi connectivity index (χ4v) is 4.50. The number of hydrogen-bond donors (Lipinski definition) is 2. The number of nitrogens with zero attached hydrogens (tertiary/aromatic N) is 1. The van der Waals surface area contributed by atoms with E-state index in [4.69, 9.17) is 28.6 Å². The molecule has 2 N–H and O–H groups in total. The van der Waals surface area contributed by atoms with Gasteiger partial charge >= 0.3 is 0 Å². The van der Waals surface area contributed by atoms with E-state index in [-0.39, 0.29) is 4.90 Å². The average molecular weight is 426 g/mol. The van der Waals surface area contributed by atoms with Crippen LogP contribution in [0.1, 0.15) is 5.56 Å². The molecule has 1 heterocycles. The van der Waals surface area contributed by atoms with Crippen LogP contribution in [0.3, 0.4) is 0 Å². The molecule has 2 aromatic rings. The lowest BCUT2D eigenvalue weighted by Crippen LogP contribution is -2.40. The second-order valence-electron chi connectivity index (χ2n) is 6.09. The molecule has 2 aromatic carbocycles. The molecule has 6 nitrogen and oxygen atoms in total. The topological polar surface area (TPSA) is 70.7 Å². The summed E-state index contributed by atoms with van der Waals surface area (Å²) in [6, 6.07) is 12.1. The van der Waals surface area contributed by atoms with E-state index < -0.39 is 10.0 Å². The lowest BCUT2D eigenvalue weighted by Gasteiger charge is -2.26. The summed E-state index contributed by atoms with van der Waals surface area (Å²) in [4.78, 5) is 0.218. The zero-order valence-electron chi connectivity index (χ0n) is 14.7. The van der Waals surface area contributed by atoms with E-state index in [2.05, 4.69) is 10.6 Å². The molecular formula is C18H20ClN3O3S2. The first-order chi connectivity index (χ1) is 12.9. The summed E-state index contributed by atoms with van der Waals surface area (Å²) in [6.45, 7) is 3.44. The van der Waals surface area contributed by atoms with Crippen molar-refractivity contribution in [1.29, 1.82) is 0 Å². The highest BCUT2D eigenvalue weighted by molar-refractivity contribution is 7.89. The van der Waals surface area contributed by atoms with Gasteiger partial charge in [0.2, 0.25) is 10.0 Å². The number of anilines is 2. The van der Waals surface area contributed by atoms with Crippen LogP contribution < -0.4 is 10.6 Å². The molecule has 0 spiro atoms. The van der Waals surface area contributed by atoms with Gasteiger partial charge in [-0.05, 0) is 55.0 Å². The number of ether oxygens (including phenoxy) is 1. The Morgan fingerprint density at radius 2 is 1.78 bits per heavy atom. The van der Waals surface area contributed by atoms with E-state index in [1.165, 1.54) is 4.31 Å². The number of aryl methyl sites for hydroxylation is 1. The Balaban J connectivity index is 1.71.